The average molecular weight is 512 g/mol. The maximum absolute atomic E-state index is 14.3. The second kappa shape index (κ2) is 12.3. The van der Waals surface area contributed by atoms with Crippen LogP contribution in [0.25, 0.3) is 0 Å². The lowest BCUT2D eigenvalue weighted by Gasteiger charge is -2.30. The molecule has 0 aliphatic carbocycles. The van der Waals surface area contributed by atoms with Crippen LogP contribution >= 0.6 is 0 Å². The highest BCUT2D eigenvalue weighted by molar-refractivity contribution is 5.76. The minimum atomic E-state index is -0.938. The van der Waals surface area contributed by atoms with Crippen molar-refractivity contribution in [1.82, 2.24) is 9.88 Å². The number of likely N-dealkylation sites (tertiary alicyclic amines) is 1. The number of hydrogen-bond donors (Lipinski definition) is 2. The molecule has 5 rings (SSSR count). The third-order valence-electron chi connectivity index (χ3n) is 7.91. The van der Waals surface area contributed by atoms with Crippen LogP contribution in [0.15, 0.2) is 30.3 Å². The molecule has 2 saturated heterocycles. The molecule has 0 radical (unpaired) electrons. The Hall–Kier alpha value is -2.55. The molecule has 200 valence electrons. The minimum Gasteiger partial charge on any atom is -0.480 e. The predicted molar refractivity (Wildman–Crippen MR) is 139 cm³/mol. The van der Waals surface area contributed by atoms with Gasteiger partial charge >= 0.3 is 5.97 Å². The molecule has 37 heavy (non-hydrogen) atoms. The number of halogens is 1. The molecule has 1 aromatic heterocycles. The quantitative estimate of drug-likeness (QED) is 0.438. The van der Waals surface area contributed by atoms with E-state index in [-0.39, 0.29) is 6.10 Å². The van der Waals surface area contributed by atoms with Crippen LogP contribution < -0.4 is 5.32 Å². The SMILES string of the molecule is O=C(O)C(c1cc(F)ccc1C1CCCCO1)N1CCC(CCOCCc2ccc3c(n2)NCCC3)C1. The second-order valence-corrected chi connectivity index (χ2v) is 10.5. The molecule has 0 amide bonds. The van der Waals surface area contributed by atoms with Crippen LogP contribution in [-0.4, -0.2) is 60.4 Å². The lowest BCUT2D eigenvalue weighted by molar-refractivity contribution is -0.143. The fraction of sp³-hybridized carbons (Fsp3) is 0.586. The van der Waals surface area contributed by atoms with Gasteiger partial charge in [-0.05, 0) is 92.3 Å². The first-order valence-electron chi connectivity index (χ1n) is 13.8. The molecule has 0 saturated carbocycles. The fourth-order valence-corrected chi connectivity index (χ4v) is 5.92. The van der Waals surface area contributed by atoms with Gasteiger partial charge in [0.2, 0.25) is 0 Å². The summed E-state index contributed by atoms with van der Waals surface area (Å²) >= 11 is 0. The van der Waals surface area contributed by atoms with E-state index in [2.05, 4.69) is 17.4 Å². The number of carbonyl (C=O) groups is 1. The van der Waals surface area contributed by atoms with E-state index >= 15 is 0 Å². The second-order valence-electron chi connectivity index (χ2n) is 10.5. The number of aromatic nitrogens is 1. The van der Waals surface area contributed by atoms with Crippen molar-refractivity contribution in [3.05, 3.63) is 58.5 Å². The van der Waals surface area contributed by atoms with Gasteiger partial charge in [0, 0.05) is 38.4 Å². The Morgan fingerprint density at radius 2 is 2.14 bits per heavy atom. The molecule has 2 aromatic rings. The van der Waals surface area contributed by atoms with Gasteiger partial charge in [0.15, 0.2) is 0 Å². The number of benzene rings is 1. The van der Waals surface area contributed by atoms with E-state index in [0.29, 0.717) is 44.4 Å². The summed E-state index contributed by atoms with van der Waals surface area (Å²) in [6, 6.07) is 7.91. The number of hydrogen-bond acceptors (Lipinski definition) is 6. The summed E-state index contributed by atoms with van der Waals surface area (Å²) < 4.78 is 26.1. The molecule has 3 aliphatic heterocycles. The van der Waals surface area contributed by atoms with Gasteiger partial charge in [-0.3, -0.25) is 9.69 Å². The van der Waals surface area contributed by atoms with Crippen molar-refractivity contribution in [2.75, 3.05) is 44.8 Å². The number of aryl methyl sites for hydroxylation is 1. The molecule has 8 heteroatoms. The highest BCUT2D eigenvalue weighted by Crippen LogP contribution is 2.37. The van der Waals surface area contributed by atoms with E-state index in [0.717, 1.165) is 75.0 Å². The molecular formula is C29H38FN3O4. The van der Waals surface area contributed by atoms with Crippen LogP contribution in [0.3, 0.4) is 0 Å². The Kier molecular flexibility index (Phi) is 8.69. The van der Waals surface area contributed by atoms with Crippen LogP contribution in [0.4, 0.5) is 10.2 Å². The number of carboxylic acid groups (broad SMARTS) is 1. The summed E-state index contributed by atoms with van der Waals surface area (Å²) in [6.07, 6.45) is 7.51. The number of ether oxygens (including phenoxy) is 2. The van der Waals surface area contributed by atoms with Gasteiger partial charge in [0.05, 0.1) is 12.7 Å². The summed E-state index contributed by atoms with van der Waals surface area (Å²) in [5, 5.41) is 13.5. The Balaban J connectivity index is 1.13. The van der Waals surface area contributed by atoms with Crippen LogP contribution in [-0.2, 0) is 27.1 Å². The van der Waals surface area contributed by atoms with Gasteiger partial charge in [-0.25, -0.2) is 9.37 Å². The molecule has 2 N–H and O–H groups in total. The van der Waals surface area contributed by atoms with Gasteiger partial charge < -0.3 is 19.9 Å². The average Bonchev–Trinajstić information content (AvgIpc) is 3.37. The van der Waals surface area contributed by atoms with E-state index in [4.69, 9.17) is 14.5 Å². The molecule has 3 aliphatic rings. The van der Waals surface area contributed by atoms with Gasteiger partial charge in [-0.15, -0.1) is 0 Å². The maximum Gasteiger partial charge on any atom is 0.325 e. The van der Waals surface area contributed by atoms with Gasteiger partial charge in [-0.1, -0.05) is 12.1 Å². The minimum absolute atomic E-state index is 0.168. The van der Waals surface area contributed by atoms with Crippen molar-refractivity contribution in [2.45, 2.75) is 63.5 Å². The molecule has 1 aromatic carbocycles. The molecule has 0 spiro atoms. The molecule has 4 heterocycles. The first-order chi connectivity index (χ1) is 18.1. The van der Waals surface area contributed by atoms with Crippen molar-refractivity contribution < 1.29 is 23.8 Å². The largest absolute Gasteiger partial charge is 0.480 e. The Bertz CT molecular complexity index is 1080. The highest BCUT2D eigenvalue weighted by Gasteiger charge is 2.36. The van der Waals surface area contributed by atoms with Crippen LogP contribution in [0.2, 0.25) is 0 Å². The number of aliphatic carboxylic acids is 1. The van der Waals surface area contributed by atoms with E-state index in [1.807, 2.05) is 4.90 Å². The summed E-state index contributed by atoms with van der Waals surface area (Å²) in [4.78, 5) is 19.1. The van der Waals surface area contributed by atoms with Gasteiger partial charge in [0.1, 0.15) is 17.7 Å². The summed E-state index contributed by atoms with van der Waals surface area (Å²) in [5.41, 5.74) is 3.67. The maximum atomic E-state index is 14.3. The van der Waals surface area contributed by atoms with Crippen molar-refractivity contribution in [2.24, 2.45) is 5.92 Å². The molecular weight excluding hydrogens is 473 g/mol. The summed E-state index contributed by atoms with van der Waals surface area (Å²) in [7, 11) is 0. The highest BCUT2D eigenvalue weighted by atomic mass is 19.1. The normalized spacial score (nSPS) is 22.8. The number of nitrogens with zero attached hydrogens (tertiary/aromatic N) is 2. The van der Waals surface area contributed by atoms with Crippen molar-refractivity contribution in [3.63, 3.8) is 0 Å². The van der Waals surface area contributed by atoms with Crippen molar-refractivity contribution >= 4 is 11.8 Å². The molecule has 0 bridgehead atoms. The molecule has 7 nitrogen and oxygen atoms in total. The zero-order chi connectivity index (χ0) is 25.6. The number of anilines is 1. The zero-order valence-electron chi connectivity index (χ0n) is 21.5. The van der Waals surface area contributed by atoms with Crippen LogP contribution in [0, 0.1) is 11.7 Å². The van der Waals surface area contributed by atoms with E-state index in [9.17, 15) is 14.3 Å². The zero-order valence-corrected chi connectivity index (χ0v) is 21.5. The third-order valence-corrected chi connectivity index (χ3v) is 7.91. The smallest absolute Gasteiger partial charge is 0.325 e. The van der Waals surface area contributed by atoms with Gasteiger partial charge in [-0.2, -0.15) is 0 Å². The summed E-state index contributed by atoms with van der Waals surface area (Å²) in [6.45, 7) is 4.24. The summed E-state index contributed by atoms with van der Waals surface area (Å²) in [5.74, 6) is 0.0240. The first-order valence-corrected chi connectivity index (χ1v) is 13.8. The van der Waals surface area contributed by atoms with E-state index in [1.165, 1.54) is 17.7 Å². The molecule has 3 atom stereocenters. The molecule has 2 fully saturated rings. The number of rotatable bonds is 10. The van der Waals surface area contributed by atoms with E-state index < -0.39 is 17.8 Å². The van der Waals surface area contributed by atoms with Crippen LogP contribution in [0.5, 0.6) is 0 Å². The lowest BCUT2D eigenvalue weighted by Crippen LogP contribution is -2.34. The lowest BCUT2D eigenvalue weighted by atomic mass is 9.92. The van der Waals surface area contributed by atoms with Crippen molar-refractivity contribution in [1.29, 1.82) is 0 Å². The standard InChI is InChI=1S/C29H38FN3O4/c30-22-7-9-24(26-5-1-2-15-37-26)25(18-22)27(29(34)35)33-14-10-20(19-33)11-16-36-17-12-23-8-6-21-4-3-13-31-28(21)32-23/h6-9,18,20,26-27H,1-5,10-17,19H2,(H,31,32)(H,34,35). The Morgan fingerprint density at radius 1 is 1.22 bits per heavy atom. The fourth-order valence-electron chi connectivity index (χ4n) is 5.92. The number of fused-ring (bicyclic) bond motifs is 1. The van der Waals surface area contributed by atoms with Crippen LogP contribution in [0.1, 0.15) is 73.1 Å². The Labute approximate surface area is 218 Å². The monoisotopic (exact) mass is 511 g/mol. The number of nitrogens with one attached hydrogen (secondary N) is 1. The van der Waals surface area contributed by atoms with Gasteiger partial charge in [0.25, 0.3) is 0 Å². The Morgan fingerprint density at radius 3 is 2.97 bits per heavy atom. The first kappa shape index (κ1) is 26.1. The number of carboxylic acids is 1. The predicted octanol–water partition coefficient (Wildman–Crippen LogP) is 4.92. The van der Waals surface area contributed by atoms with Crippen molar-refractivity contribution in [3.8, 4) is 0 Å². The topological polar surface area (TPSA) is 83.9 Å². The number of pyridine rings is 1. The third kappa shape index (κ3) is 6.48. The van der Waals surface area contributed by atoms with E-state index in [1.54, 1.807) is 6.07 Å². The molecule has 3 unspecified atom stereocenters.